The van der Waals surface area contributed by atoms with Crippen molar-refractivity contribution in [1.29, 1.82) is 0 Å². The molecule has 0 aromatic carbocycles. The van der Waals surface area contributed by atoms with Crippen LogP contribution in [0.15, 0.2) is 11.1 Å². The number of ether oxygens (including phenoxy) is 1. The molecule has 0 aliphatic carbocycles. The first-order valence-electron chi connectivity index (χ1n) is 4.36. The molecule has 1 aromatic heterocycles. The Kier molecular flexibility index (Phi) is 3.67. The number of pyridine rings is 1. The van der Waals surface area contributed by atoms with E-state index in [4.69, 9.17) is 5.14 Å². The van der Waals surface area contributed by atoms with Crippen molar-refractivity contribution in [3.05, 3.63) is 21.9 Å². The maximum Gasteiger partial charge on any atom is 0.573 e. The molecule has 0 saturated carbocycles. The van der Waals surface area contributed by atoms with Crippen LogP contribution in [0.25, 0.3) is 0 Å². The molecule has 8 nitrogen and oxygen atoms in total. The summed E-state index contributed by atoms with van der Waals surface area (Å²) < 4.78 is 61.7. The fourth-order valence-electron chi connectivity index (χ4n) is 1.14. The molecule has 1 aromatic rings. The molecule has 0 fully saturated rings. The van der Waals surface area contributed by atoms with Crippen molar-refractivity contribution >= 4 is 15.7 Å². The third kappa shape index (κ3) is 3.75. The van der Waals surface area contributed by atoms with E-state index in [1.54, 1.807) is 0 Å². The predicted molar refractivity (Wildman–Crippen MR) is 53.7 cm³/mol. The molecule has 0 saturated heterocycles. The standard InChI is InChI=1S/C7H6F3N3O5S/c1-3-6(18-7(8,9)10)4(13(14)15)2-5(12-3)19(11,16)17/h2H,1H3,(H2,11,16,17). The predicted octanol–water partition coefficient (Wildman–Crippen LogP) is 0.844. The van der Waals surface area contributed by atoms with E-state index in [1.807, 2.05) is 0 Å². The first kappa shape index (κ1) is 15.1. The molecule has 12 heteroatoms. The lowest BCUT2D eigenvalue weighted by molar-refractivity contribution is -0.389. The zero-order chi connectivity index (χ0) is 15.0. The minimum atomic E-state index is -5.18. The summed E-state index contributed by atoms with van der Waals surface area (Å²) in [6, 6.07) is 0.295. The van der Waals surface area contributed by atoms with Crippen molar-refractivity contribution in [2.24, 2.45) is 5.14 Å². The van der Waals surface area contributed by atoms with Gasteiger partial charge in [-0.3, -0.25) is 10.1 Å². The Labute approximate surface area is 104 Å². The second-order valence-corrected chi connectivity index (χ2v) is 4.75. The number of halogens is 3. The summed E-state index contributed by atoms with van der Waals surface area (Å²) in [5, 5.41) is 14.4. The van der Waals surface area contributed by atoms with Gasteiger partial charge in [0.25, 0.3) is 10.0 Å². The lowest BCUT2D eigenvalue weighted by atomic mass is 10.3. The summed E-state index contributed by atoms with van der Waals surface area (Å²) in [7, 11) is -4.39. The minimum Gasteiger partial charge on any atom is -0.396 e. The molecule has 0 atom stereocenters. The molecule has 0 aliphatic rings. The van der Waals surface area contributed by atoms with E-state index in [1.165, 1.54) is 0 Å². The molecule has 0 bridgehead atoms. The van der Waals surface area contributed by atoms with Gasteiger partial charge in [0.1, 0.15) is 0 Å². The SMILES string of the molecule is Cc1nc(S(N)(=O)=O)cc([N+](=O)[O-])c1OC(F)(F)F. The van der Waals surface area contributed by atoms with Crippen molar-refractivity contribution < 1.29 is 31.2 Å². The molecule has 0 unspecified atom stereocenters. The van der Waals surface area contributed by atoms with Gasteiger partial charge in [0.15, 0.2) is 5.03 Å². The average molecular weight is 301 g/mol. The number of aryl methyl sites for hydroxylation is 1. The van der Waals surface area contributed by atoms with Gasteiger partial charge < -0.3 is 4.74 Å². The van der Waals surface area contributed by atoms with Gasteiger partial charge in [0.05, 0.1) is 16.7 Å². The Morgan fingerprint density at radius 3 is 2.37 bits per heavy atom. The maximum absolute atomic E-state index is 12.1. The smallest absolute Gasteiger partial charge is 0.396 e. The largest absolute Gasteiger partial charge is 0.573 e. The van der Waals surface area contributed by atoms with Crippen LogP contribution in [0.5, 0.6) is 5.75 Å². The molecule has 0 aliphatic heterocycles. The number of nitrogens with two attached hydrogens (primary N) is 1. The molecule has 0 radical (unpaired) electrons. The number of rotatable bonds is 3. The Morgan fingerprint density at radius 1 is 1.47 bits per heavy atom. The zero-order valence-electron chi connectivity index (χ0n) is 9.13. The third-order valence-electron chi connectivity index (χ3n) is 1.81. The van der Waals surface area contributed by atoms with E-state index in [2.05, 4.69) is 9.72 Å². The summed E-state index contributed by atoms with van der Waals surface area (Å²) in [4.78, 5) is 12.6. The number of aromatic nitrogens is 1. The highest BCUT2D eigenvalue weighted by molar-refractivity contribution is 7.89. The molecule has 0 amide bonds. The molecule has 106 valence electrons. The minimum absolute atomic E-state index is 0.295. The fourth-order valence-corrected chi connectivity index (χ4v) is 1.68. The molecule has 2 N–H and O–H groups in total. The zero-order valence-corrected chi connectivity index (χ0v) is 9.95. The summed E-state index contributed by atoms with van der Waals surface area (Å²) in [5.41, 5.74) is -1.83. The van der Waals surface area contributed by atoms with Gasteiger partial charge in [-0.05, 0) is 6.92 Å². The van der Waals surface area contributed by atoms with Crippen LogP contribution in [0.2, 0.25) is 0 Å². The van der Waals surface area contributed by atoms with Gasteiger partial charge in [-0.15, -0.1) is 13.2 Å². The van der Waals surface area contributed by atoms with Crippen molar-refractivity contribution in [2.45, 2.75) is 18.3 Å². The van der Waals surface area contributed by atoms with Crippen LogP contribution in [0.1, 0.15) is 5.69 Å². The highest BCUT2D eigenvalue weighted by Gasteiger charge is 2.36. The first-order chi connectivity index (χ1) is 8.42. The average Bonchev–Trinajstić information content (AvgIpc) is 2.16. The van der Waals surface area contributed by atoms with E-state index >= 15 is 0 Å². The van der Waals surface area contributed by atoms with Crippen LogP contribution >= 0.6 is 0 Å². The van der Waals surface area contributed by atoms with Gasteiger partial charge in [0.2, 0.25) is 5.75 Å². The highest BCUT2D eigenvalue weighted by atomic mass is 32.2. The molecule has 0 spiro atoms. The van der Waals surface area contributed by atoms with Crippen LogP contribution in [0.4, 0.5) is 18.9 Å². The second-order valence-electron chi connectivity index (χ2n) is 3.24. The van der Waals surface area contributed by atoms with Gasteiger partial charge in [0, 0.05) is 0 Å². The van der Waals surface area contributed by atoms with Crippen molar-refractivity contribution in [3.63, 3.8) is 0 Å². The van der Waals surface area contributed by atoms with Gasteiger partial charge in [-0.2, -0.15) is 0 Å². The van der Waals surface area contributed by atoms with E-state index in [-0.39, 0.29) is 0 Å². The summed E-state index contributed by atoms with van der Waals surface area (Å²) in [6.07, 6.45) is -5.18. The van der Waals surface area contributed by atoms with Crippen LogP contribution < -0.4 is 9.88 Å². The Balaban J connectivity index is 3.53. The molecular formula is C7H6F3N3O5S. The summed E-state index contributed by atoms with van der Waals surface area (Å²) in [5.74, 6) is -1.19. The Hall–Kier alpha value is -1.95. The van der Waals surface area contributed by atoms with Crippen LogP contribution in [0.3, 0.4) is 0 Å². The van der Waals surface area contributed by atoms with Crippen molar-refractivity contribution in [2.75, 3.05) is 0 Å². The van der Waals surface area contributed by atoms with Gasteiger partial charge in [-0.1, -0.05) is 0 Å². The first-order valence-corrected chi connectivity index (χ1v) is 5.91. The Bertz CT molecular complexity index is 628. The topological polar surface area (TPSA) is 125 Å². The van der Waals surface area contributed by atoms with E-state index in [9.17, 15) is 31.7 Å². The highest BCUT2D eigenvalue weighted by Crippen LogP contribution is 2.35. The van der Waals surface area contributed by atoms with Crippen LogP contribution in [-0.2, 0) is 10.0 Å². The van der Waals surface area contributed by atoms with Crippen molar-refractivity contribution in [1.82, 2.24) is 4.98 Å². The van der Waals surface area contributed by atoms with E-state index in [0.717, 1.165) is 6.92 Å². The van der Waals surface area contributed by atoms with Gasteiger partial charge in [-0.25, -0.2) is 18.5 Å². The molecule has 1 heterocycles. The summed E-state index contributed by atoms with van der Waals surface area (Å²) >= 11 is 0. The number of hydrogen-bond acceptors (Lipinski definition) is 6. The lowest BCUT2D eigenvalue weighted by Gasteiger charge is -2.11. The number of nitro groups is 1. The monoisotopic (exact) mass is 301 g/mol. The number of alkyl halides is 3. The summed E-state index contributed by atoms with van der Waals surface area (Å²) in [6.45, 7) is 0.919. The van der Waals surface area contributed by atoms with Crippen molar-refractivity contribution in [3.8, 4) is 5.75 Å². The maximum atomic E-state index is 12.1. The Morgan fingerprint density at radius 2 is 2.00 bits per heavy atom. The second kappa shape index (κ2) is 4.62. The number of nitrogens with zero attached hydrogens (tertiary/aromatic N) is 2. The number of sulfonamides is 1. The molecule has 19 heavy (non-hydrogen) atoms. The van der Waals surface area contributed by atoms with E-state index in [0.29, 0.717) is 6.07 Å². The number of primary sulfonamides is 1. The fraction of sp³-hybridized carbons (Fsp3) is 0.286. The molecular weight excluding hydrogens is 295 g/mol. The quantitative estimate of drug-likeness (QED) is 0.651. The molecule has 1 rings (SSSR count). The van der Waals surface area contributed by atoms with E-state index < -0.39 is 43.5 Å². The van der Waals surface area contributed by atoms with Crippen LogP contribution in [0, 0.1) is 17.0 Å². The van der Waals surface area contributed by atoms with Crippen LogP contribution in [-0.4, -0.2) is 24.7 Å². The van der Waals surface area contributed by atoms with Gasteiger partial charge >= 0.3 is 12.0 Å². The normalized spacial score (nSPS) is 12.3. The third-order valence-corrected chi connectivity index (χ3v) is 2.60. The number of hydrogen-bond donors (Lipinski definition) is 1. The lowest BCUT2D eigenvalue weighted by Crippen LogP contribution is -2.20.